The predicted octanol–water partition coefficient (Wildman–Crippen LogP) is 4.00. The number of hydrogen-bond acceptors (Lipinski definition) is 3. The van der Waals surface area contributed by atoms with Crippen molar-refractivity contribution < 1.29 is 4.79 Å². The molecule has 4 aliphatic carbocycles. The molecular weight excluding hydrogens is 360 g/mol. The van der Waals surface area contributed by atoms with Crippen LogP contribution in [-0.2, 0) is 4.79 Å². The molecule has 2 aromatic rings. The van der Waals surface area contributed by atoms with E-state index in [-0.39, 0.29) is 23.5 Å². The van der Waals surface area contributed by atoms with Crippen molar-refractivity contribution in [2.75, 3.05) is 0 Å². The highest BCUT2D eigenvalue weighted by Gasteiger charge is 2.51. The van der Waals surface area contributed by atoms with Gasteiger partial charge in [0.25, 0.3) is 0 Å². The molecule has 5 heteroatoms. The van der Waals surface area contributed by atoms with Crippen molar-refractivity contribution in [2.45, 2.75) is 70.0 Å². The maximum absolute atomic E-state index is 13.0. The molecule has 4 aliphatic rings. The van der Waals surface area contributed by atoms with E-state index in [0.717, 1.165) is 23.4 Å². The van der Waals surface area contributed by atoms with Crippen molar-refractivity contribution in [3.05, 3.63) is 48.5 Å². The Kier molecular flexibility index (Phi) is 4.73. The molecule has 6 rings (SSSR count). The predicted molar refractivity (Wildman–Crippen MR) is 114 cm³/mol. The van der Waals surface area contributed by atoms with E-state index in [9.17, 15) is 4.79 Å². The second-order valence-corrected chi connectivity index (χ2v) is 9.86. The summed E-state index contributed by atoms with van der Waals surface area (Å²) >= 11 is 0. The van der Waals surface area contributed by atoms with Gasteiger partial charge in [0.15, 0.2) is 0 Å². The van der Waals surface area contributed by atoms with E-state index in [1.54, 1.807) is 12.5 Å². The maximum atomic E-state index is 13.0. The maximum Gasteiger partial charge on any atom is 0.237 e. The number of imidazole rings is 1. The number of aromatic nitrogens is 2. The minimum absolute atomic E-state index is 0.0808. The molecule has 2 atom stereocenters. The van der Waals surface area contributed by atoms with Crippen LogP contribution in [0.5, 0.6) is 0 Å². The Bertz CT molecular complexity index is 822. The smallest absolute Gasteiger partial charge is 0.237 e. The van der Waals surface area contributed by atoms with Crippen molar-refractivity contribution >= 4 is 5.91 Å². The average molecular weight is 393 g/mol. The molecular formula is C24H32N4O. The summed E-state index contributed by atoms with van der Waals surface area (Å²) in [6.45, 7) is 4.12. The summed E-state index contributed by atoms with van der Waals surface area (Å²) in [6.07, 6.45) is 13.3. The molecule has 154 valence electrons. The number of benzene rings is 1. The first-order valence-electron chi connectivity index (χ1n) is 11.2. The lowest BCUT2D eigenvalue weighted by molar-refractivity contribution is -0.128. The van der Waals surface area contributed by atoms with E-state index >= 15 is 0 Å². The number of carbonyl (C=O) groups is 1. The Morgan fingerprint density at radius 2 is 1.69 bits per heavy atom. The molecule has 4 saturated carbocycles. The van der Waals surface area contributed by atoms with Crippen LogP contribution in [0.25, 0.3) is 5.69 Å². The SMILES string of the molecule is C[C@H](N[C@@H](C)c1ccc(-n2ccnc2)cc1)C(=O)NC12CC3CC(CC(C3)C1)C2. The lowest BCUT2D eigenvalue weighted by Crippen LogP contribution is -2.62. The van der Waals surface area contributed by atoms with Crippen LogP contribution in [-0.4, -0.2) is 27.0 Å². The van der Waals surface area contributed by atoms with Gasteiger partial charge in [-0.2, -0.15) is 0 Å². The third-order valence-electron chi connectivity index (χ3n) is 7.52. The van der Waals surface area contributed by atoms with Gasteiger partial charge in [0.1, 0.15) is 0 Å². The highest BCUT2D eigenvalue weighted by molar-refractivity contribution is 5.82. The number of amides is 1. The molecule has 4 fully saturated rings. The minimum atomic E-state index is -0.202. The first-order chi connectivity index (χ1) is 14.0. The molecule has 1 heterocycles. The van der Waals surface area contributed by atoms with Crippen LogP contribution >= 0.6 is 0 Å². The minimum Gasteiger partial charge on any atom is -0.349 e. The Morgan fingerprint density at radius 3 is 2.24 bits per heavy atom. The zero-order valence-electron chi connectivity index (χ0n) is 17.5. The van der Waals surface area contributed by atoms with Crippen molar-refractivity contribution in [1.29, 1.82) is 0 Å². The first-order valence-corrected chi connectivity index (χ1v) is 11.2. The molecule has 29 heavy (non-hydrogen) atoms. The van der Waals surface area contributed by atoms with Gasteiger partial charge < -0.3 is 9.88 Å². The Balaban J connectivity index is 1.20. The summed E-state index contributed by atoms with van der Waals surface area (Å²) in [6, 6.07) is 8.34. The average Bonchev–Trinajstić information content (AvgIpc) is 3.21. The zero-order valence-corrected chi connectivity index (χ0v) is 17.5. The lowest BCUT2D eigenvalue weighted by Gasteiger charge is -2.57. The van der Waals surface area contributed by atoms with E-state index in [4.69, 9.17) is 0 Å². The lowest BCUT2D eigenvalue weighted by atomic mass is 9.53. The Morgan fingerprint density at radius 1 is 1.07 bits per heavy atom. The highest BCUT2D eigenvalue weighted by Crippen LogP contribution is 2.55. The highest BCUT2D eigenvalue weighted by atomic mass is 16.2. The number of rotatable bonds is 6. The molecule has 1 aromatic carbocycles. The van der Waals surface area contributed by atoms with Gasteiger partial charge in [-0.3, -0.25) is 10.1 Å². The second kappa shape index (κ2) is 7.28. The summed E-state index contributed by atoms with van der Waals surface area (Å²) in [4.78, 5) is 17.1. The third kappa shape index (κ3) is 3.73. The summed E-state index contributed by atoms with van der Waals surface area (Å²) in [7, 11) is 0. The van der Waals surface area contributed by atoms with Crippen LogP contribution in [0.3, 0.4) is 0 Å². The number of carbonyl (C=O) groups excluding carboxylic acids is 1. The Labute approximate surface area is 173 Å². The van der Waals surface area contributed by atoms with Crippen molar-refractivity contribution in [2.24, 2.45) is 17.8 Å². The van der Waals surface area contributed by atoms with Gasteiger partial charge in [0, 0.05) is 29.7 Å². The van der Waals surface area contributed by atoms with E-state index in [1.807, 2.05) is 17.7 Å². The normalized spacial score (nSPS) is 32.1. The van der Waals surface area contributed by atoms with Gasteiger partial charge in [-0.1, -0.05) is 12.1 Å². The Hall–Kier alpha value is -2.14. The zero-order chi connectivity index (χ0) is 20.0. The van der Waals surface area contributed by atoms with Crippen molar-refractivity contribution in [1.82, 2.24) is 20.2 Å². The monoisotopic (exact) mass is 392 g/mol. The summed E-state index contributed by atoms with van der Waals surface area (Å²) < 4.78 is 1.99. The molecule has 0 radical (unpaired) electrons. The molecule has 4 bridgehead atoms. The topological polar surface area (TPSA) is 59.0 Å². The van der Waals surface area contributed by atoms with Crippen molar-refractivity contribution in [3.8, 4) is 5.69 Å². The van der Waals surface area contributed by atoms with Gasteiger partial charge in [-0.15, -0.1) is 0 Å². The molecule has 0 spiro atoms. The number of nitrogens with one attached hydrogen (secondary N) is 2. The number of nitrogens with zero attached hydrogens (tertiary/aromatic N) is 2. The molecule has 5 nitrogen and oxygen atoms in total. The van der Waals surface area contributed by atoms with Crippen LogP contribution < -0.4 is 10.6 Å². The summed E-state index contributed by atoms with van der Waals surface area (Å²) in [5, 5.41) is 7.00. The van der Waals surface area contributed by atoms with Crippen LogP contribution in [0.1, 0.15) is 64.0 Å². The fraction of sp³-hybridized carbons (Fsp3) is 0.583. The van der Waals surface area contributed by atoms with Gasteiger partial charge in [-0.25, -0.2) is 4.98 Å². The standard InChI is InChI=1S/C24H32N4O/c1-16(21-3-5-22(6-4-21)28-8-7-25-15-28)26-17(2)23(29)27-24-12-18-9-19(13-24)11-20(10-18)14-24/h3-8,15-20,26H,9-14H2,1-2H3,(H,27,29)/t16-,17-,18?,19?,20?,24?/m0/s1. The van der Waals surface area contributed by atoms with Crippen LogP contribution in [0.15, 0.2) is 43.0 Å². The number of hydrogen-bond donors (Lipinski definition) is 2. The molecule has 2 N–H and O–H groups in total. The first kappa shape index (κ1) is 18.9. The molecule has 1 amide bonds. The van der Waals surface area contributed by atoms with E-state index in [1.165, 1.54) is 44.1 Å². The van der Waals surface area contributed by atoms with E-state index < -0.39 is 0 Å². The van der Waals surface area contributed by atoms with Gasteiger partial charge >= 0.3 is 0 Å². The largest absolute Gasteiger partial charge is 0.349 e. The second-order valence-electron chi connectivity index (χ2n) is 9.86. The van der Waals surface area contributed by atoms with Gasteiger partial charge in [0.05, 0.1) is 12.4 Å². The fourth-order valence-electron chi connectivity index (χ4n) is 6.53. The van der Waals surface area contributed by atoms with Gasteiger partial charge in [-0.05, 0) is 87.8 Å². The van der Waals surface area contributed by atoms with Crippen molar-refractivity contribution in [3.63, 3.8) is 0 Å². The molecule has 0 saturated heterocycles. The summed E-state index contributed by atoms with van der Waals surface area (Å²) in [5.74, 6) is 2.70. The van der Waals surface area contributed by atoms with Crippen LogP contribution in [0.4, 0.5) is 0 Å². The van der Waals surface area contributed by atoms with Crippen LogP contribution in [0.2, 0.25) is 0 Å². The van der Waals surface area contributed by atoms with E-state index in [0.29, 0.717) is 0 Å². The van der Waals surface area contributed by atoms with Gasteiger partial charge in [0.2, 0.25) is 5.91 Å². The third-order valence-corrected chi connectivity index (χ3v) is 7.52. The molecule has 1 aromatic heterocycles. The molecule has 0 aliphatic heterocycles. The van der Waals surface area contributed by atoms with E-state index in [2.05, 4.69) is 46.8 Å². The molecule has 0 unspecified atom stereocenters. The fourth-order valence-corrected chi connectivity index (χ4v) is 6.53. The van der Waals surface area contributed by atoms with Crippen LogP contribution in [0, 0.1) is 17.8 Å². The summed E-state index contributed by atoms with van der Waals surface area (Å²) in [5.41, 5.74) is 2.35. The quantitative estimate of drug-likeness (QED) is 0.781.